The third kappa shape index (κ3) is 4.10. The average molecular weight is 479 g/mol. The number of aromatic nitrogens is 1. The lowest BCUT2D eigenvalue weighted by Crippen LogP contribution is -2.29. The van der Waals surface area contributed by atoms with Crippen molar-refractivity contribution in [1.82, 2.24) is 9.88 Å². The molecule has 1 atom stereocenters. The Morgan fingerprint density at radius 2 is 1.82 bits per heavy atom. The van der Waals surface area contributed by atoms with Crippen LogP contribution in [0, 0.1) is 6.92 Å². The highest BCUT2D eigenvalue weighted by Crippen LogP contribution is 2.45. The van der Waals surface area contributed by atoms with Gasteiger partial charge in [0.05, 0.1) is 48.7 Å². The van der Waals surface area contributed by atoms with Crippen molar-refractivity contribution in [2.75, 3.05) is 14.2 Å². The van der Waals surface area contributed by atoms with Crippen molar-refractivity contribution in [3.05, 3.63) is 93.8 Å². The lowest BCUT2D eigenvalue weighted by Gasteiger charge is -2.26. The van der Waals surface area contributed by atoms with E-state index < -0.39 is 17.7 Å². The molecule has 174 valence electrons. The molecule has 1 unspecified atom stereocenters. The van der Waals surface area contributed by atoms with Gasteiger partial charge in [0.15, 0.2) is 0 Å². The summed E-state index contributed by atoms with van der Waals surface area (Å²) in [6.45, 7) is 1.87. The normalized spacial score (nSPS) is 17.2. The minimum Gasteiger partial charge on any atom is -0.507 e. The van der Waals surface area contributed by atoms with Gasteiger partial charge in [-0.3, -0.25) is 14.6 Å². The van der Waals surface area contributed by atoms with Crippen LogP contribution in [0.25, 0.3) is 5.76 Å². The van der Waals surface area contributed by atoms with Crippen molar-refractivity contribution in [3.8, 4) is 11.5 Å². The molecular weight excluding hydrogens is 456 g/mol. The molecule has 0 saturated carbocycles. The van der Waals surface area contributed by atoms with Crippen molar-refractivity contribution in [1.29, 1.82) is 0 Å². The van der Waals surface area contributed by atoms with Crippen molar-refractivity contribution in [2.45, 2.75) is 19.5 Å². The Kier molecular flexibility index (Phi) is 6.56. The van der Waals surface area contributed by atoms with E-state index in [1.807, 2.05) is 0 Å². The van der Waals surface area contributed by atoms with Gasteiger partial charge in [0.25, 0.3) is 11.7 Å². The van der Waals surface area contributed by atoms with E-state index in [1.54, 1.807) is 67.7 Å². The van der Waals surface area contributed by atoms with Gasteiger partial charge in [-0.1, -0.05) is 35.9 Å². The van der Waals surface area contributed by atoms with Gasteiger partial charge in [0.2, 0.25) is 0 Å². The average Bonchev–Trinajstić information content (AvgIpc) is 3.08. The molecule has 1 saturated heterocycles. The van der Waals surface area contributed by atoms with E-state index in [1.165, 1.54) is 19.1 Å². The molecule has 4 rings (SSSR count). The van der Waals surface area contributed by atoms with Gasteiger partial charge in [-0.15, -0.1) is 0 Å². The molecule has 0 aliphatic carbocycles. The number of carbonyl (C=O) groups is 2. The number of ether oxygens (including phenoxy) is 2. The number of aliphatic hydroxyl groups is 1. The first kappa shape index (κ1) is 23.3. The second kappa shape index (κ2) is 9.57. The summed E-state index contributed by atoms with van der Waals surface area (Å²) in [5.74, 6) is -1.26. The minimum absolute atomic E-state index is 0.0661. The Hall–Kier alpha value is -3.84. The van der Waals surface area contributed by atoms with E-state index in [0.29, 0.717) is 17.0 Å². The highest BCUT2D eigenvalue weighted by Gasteiger charge is 2.47. The quantitative estimate of drug-likeness (QED) is 0.314. The van der Waals surface area contributed by atoms with Gasteiger partial charge < -0.3 is 19.5 Å². The Bertz CT molecular complexity index is 1290. The van der Waals surface area contributed by atoms with Crippen LogP contribution in [0.2, 0.25) is 5.02 Å². The van der Waals surface area contributed by atoms with Gasteiger partial charge in [0.1, 0.15) is 17.3 Å². The number of benzene rings is 2. The predicted octanol–water partition coefficient (Wildman–Crippen LogP) is 4.68. The summed E-state index contributed by atoms with van der Waals surface area (Å²) in [7, 11) is 2.93. The van der Waals surface area contributed by atoms with Crippen LogP contribution >= 0.6 is 11.6 Å². The highest BCUT2D eigenvalue weighted by molar-refractivity contribution is 6.46. The minimum atomic E-state index is -0.915. The van der Waals surface area contributed by atoms with Crippen LogP contribution in [0.3, 0.4) is 0 Å². The fourth-order valence-corrected chi connectivity index (χ4v) is 4.53. The van der Waals surface area contributed by atoms with E-state index in [9.17, 15) is 14.7 Å². The molecule has 3 aromatic rings. The lowest BCUT2D eigenvalue weighted by molar-refractivity contribution is -0.140. The fourth-order valence-electron chi connectivity index (χ4n) is 4.18. The maximum atomic E-state index is 13.3. The van der Waals surface area contributed by atoms with Gasteiger partial charge in [0, 0.05) is 11.8 Å². The van der Waals surface area contributed by atoms with Gasteiger partial charge in [-0.05, 0) is 42.8 Å². The van der Waals surface area contributed by atoms with Crippen LogP contribution in [0.4, 0.5) is 0 Å². The number of likely N-dealkylation sites (tertiary alicyclic amines) is 1. The van der Waals surface area contributed by atoms with Crippen LogP contribution in [0.15, 0.2) is 66.4 Å². The number of halogens is 1. The number of amides is 1. The number of aryl methyl sites for hydroxylation is 1. The number of carbonyl (C=O) groups excluding carboxylic acids is 2. The van der Waals surface area contributed by atoms with Crippen LogP contribution in [-0.4, -0.2) is 40.9 Å². The van der Waals surface area contributed by atoms with Gasteiger partial charge in [-0.25, -0.2) is 0 Å². The van der Waals surface area contributed by atoms with Crippen molar-refractivity contribution in [3.63, 3.8) is 0 Å². The molecule has 0 radical (unpaired) electrons. The molecule has 7 nitrogen and oxygen atoms in total. The first-order valence-electron chi connectivity index (χ1n) is 10.5. The van der Waals surface area contributed by atoms with E-state index >= 15 is 0 Å². The summed E-state index contributed by atoms with van der Waals surface area (Å²) in [6, 6.07) is 14.8. The summed E-state index contributed by atoms with van der Waals surface area (Å²) in [4.78, 5) is 32.2. The molecule has 8 heteroatoms. The van der Waals surface area contributed by atoms with Gasteiger partial charge >= 0.3 is 0 Å². The molecule has 1 N–H and O–H groups in total. The maximum Gasteiger partial charge on any atom is 0.296 e. The van der Waals surface area contributed by atoms with E-state index in [2.05, 4.69) is 4.98 Å². The molecular formula is C26H23ClN2O5. The second-order valence-corrected chi connectivity index (χ2v) is 8.22. The number of methoxy groups -OCH3 is 2. The fraction of sp³-hybridized carbons (Fsp3) is 0.192. The monoisotopic (exact) mass is 478 g/mol. The number of para-hydroxylation sites is 1. The Balaban J connectivity index is 1.97. The third-order valence-corrected chi connectivity index (χ3v) is 5.96. The molecule has 1 amide bonds. The predicted molar refractivity (Wildman–Crippen MR) is 128 cm³/mol. The zero-order chi connectivity index (χ0) is 24.4. The topological polar surface area (TPSA) is 89.0 Å². The number of rotatable bonds is 6. The first-order chi connectivity index (χ1) is 16.4. The molecule has 1 fully saturated rings. The molecule has 1 aliphatic heterocycles. The van der Waals surface area contributed by atoms with Crippen molar-refractivity contribution < 1.29 is 24.2 Å². The van der Waals surface area contributed by atoms with Crippen molar-refractivity contribution >= 4 is 29.1 Å². The Labute approximate surface area is 202 Å². The summed E-state index contributed by atoms with van der Waals surface area (Å²) in [5.41, 5.74) is 2.05. The number of pyridine rings is 1. The first-order valence-corrected chi connectivity index (χ1v) is 10.9. The third-order valence-electron chi connectivity index (χ3n) is 5.68. The van der Waals surface area contributed by atoms with Crippen LogP contribution < -0.4 is 9.47 Å². The Morgan fingerprint density at radius 3 is 2.50 bits per heavy atom. The maximum absolute atomic E-state index is 13.3. The molecule has 34 heavy (non-hydrogen) atoms. The van der Waals surface area contributed by atoms with Crippen LogP contribution in [-0.2, 0) is 16.1 Å². The Morgan fingerprint density at radius 1 is 1.09 bits per heavy atom. The van der Waals surface area contributed by atoms with E-state index in [0.717, 1.165) is 5.56 Å². The number of nitrogens with zero attached hydrogens (tertiary/aromatic N) is 2. The molecule has 1 aliphatic rings. The largest absolute Gasteiger partial charge is 0.507 e. The molecule has 1 aromatic heterocycles. The van der Waals surface area contributed by atoms with Gasteiger partial charge in [-0.2, -0.15) is 0 Å². The standard InChI is InChI=1S/C26H23ClN2O5/c1-15-12-18(25(34-3)19(27)13-15)23(30)21-22(17-9-4-5-10-20(17)33-2)29(26(32)24(21)31)14-16-8-6-7-11-28-16/h4-13,22,30H,14H2,1-3H3/b23-21+. The lowest BCUT2D eigenvalue weighted by atomic mass is 9.94. The number of hydrogen-bond acceptors (Lipinski definition) is 6. The van der Waals surface area contributed by atoms with Crippen molar-refractivity contribution in [2.24, 2.45) is 0 Å². The zero-order valence-electron chi connectivity index (χ0n) is 18.9. The number of hydrogen-bond donors (Lipinski definition) is 1. The summed E-state index contributed by atoms with van der Waals surface area (Å²) >= 11 is 6.34. The number of aliphatic hydroxyl groups excluding tert-OH is 1. The molecule has 2 aromatic carbocycles. The summed E-state index contributed by atoms with van der Waals surface area (Å²) in [5, 5.41) is 11.7. The van der Waals surface area contributed by atoms with Crippen LogP contribution in [0.1, 0.15) is 28.4 Å². The molecule has 0 bridgehead atoms. The summed E-state index contributed by atoms with van der Waals surface area (Å²) < 4.78 is 10.9. The van der Waals surface area contributed by atoms with Crippen LogP contribution in [0.5, 0.6) is 11.5 Å². The number of Topliss-reactive ketones (excluding diaryl/α,β-unsaturated/α-hetero) is 1. The molecule has 0 spiro atoms. The summed E-state index contributed by atoms with van der Waals surface area (Å²) in [6.07, 6.45) is 1.61. The smallest absolute Gasteiger partial charge is 0.296 e. The second-order valence-electron chi connectivity index (χ2n) is 7.82. The number of ketones is 1. The van der Waals surface area contributed by atoms with E-state index in [-0.39, 0.29) is 34.2 Å². The zero-order valence-corrected chi connectivity index (χ0v) is 19.7. The molecule has 2 heterocycles. The highest BCUT2D eigenvalue weighted by atomic mass is 35.5. The van der Waals surface area contributed by atoms with E-state index in [4.69, 9.17) is 21.1 Å². The SMILES string of the molecule is COc1ccccc1C1/C(=C(\O)c2cc(C)cc(Cl)c2OC)C(=O)C(=O)N1Cc1ccccn1.